The molecule has 0 spiro atoms. The van der Waals surface area contributed by atoms with Gasteiger partial charge in [0.1, 0.15) is 16.6 Å². The molecule has 2 rings (SSSR count). The molecule has 1 aromatic carbocycles. The van der Waals surface area contributed by atoms with Crippen LogP contribution >= 0.6 is 11.8 Å². The van der Waals surface area contributed by atoms with Crippen LogP contribution < -0.4 is 5.73 Å². The number of nitro groups is 1. The summed E-state index contributed by atoms with van der Waals surface area (Å²) in [4.78, 5) is 15.1. The average molecular weight is 274 g/mol. The summed E-state index contributed by atoms with van der Waals surface area (Å²) in [5, 5.41) is 18.5. The Morgan fingerprint density at radius 1 is 1.26 bits per heavy atom. The summed E-state index contributed by atoms with van der Waals surface area (Å²) in [6.07, 6.45) is 0. The van der Waals surface area contributed by atoms with Crippen molar-refractivity contribution in [2.75, 3.05) is 0 Å². The second-order valence-corrected chi connectivity index (χ2v) is 4.72. The number of nitrogens with one attached hydrogen (secondary N) is 1. The first-order valence-corrected chi connectivity index (χ1v) is 6.11. The quantitative estimate of drug-likeness (QED) is 0.385. The summed E-state index contributed by atoms with van der Waals surface area (Å²) in [7, 11) is 0. The summed E-state index contributed by atoms with van der Waals surface area (Å²) in [6, 6.07) is 11.4. The molecule has 0 radical (unpaired) electrons. The first-order valence-electron chi connectivity index (χ1n) is 5.30. The minimum Gasteiger partial charge on any atom is -0.382 e. The van der Waals surface area contributed by atoms with Crippen molar-refractivity contribution in [3.63, 3.8) is 0 Å². The maximum atomic E-state index is 10.5. The lowest BCUT2D eigenvalue weighted by Gasteiger charge is -2.03. The molecule has 0 aliphatic carbocycles. The summed E-state index contributed by atoms with van der Waals surface area (Å²) in [5.74, 6) is -0.0915. The van der Waals surface area contributed by atoms with E-state index in [0.717, 1.165) is 4.90 Å². The summed E-state index contributed by atoms with van der Waals surface area (Å²) < 4.78 is 0. The fraction of sp³-hybridized carbons (Fsp3) is 0. The van der Waals surface area contributed by atoms with E-state index in [2.05, 4.69) is 4.98 Å². The van der Waals surface area contributed by atoms with Crippen LogP contribution in [0.15, 0.2) is 52.4 Å². The van der Waals surface area contributed by atoms with E-state index in [4.69, 9.17) is 11.1 Å². The monoisotopic (exact) mass is 274 g/mol. The van der Waals surface area contributed by atoms with Crippen molar-refractivity contribution in [1.82, 2.24) is 4.98 Å². The van der Waals surface area contributed by atoms with Crippen molar-refractivity contribution < 1.29 is 4.92 Å². The third-order valence-corrected chi connectivity index (χ3v) is 3.21. The zero-order chi connectivity index (χ0) is 13.8. The molecule has 1 heterocycles. The minimum atomic E-state index is -0.441. The van der Waals surface area contributed by atoms with Gasteiger partial charge in [-0.2, -0.15) is 0 Å². The van der Waals surface area contributed by atoms with Crippen LogP contribution in [0.25, 0.3) is 0 Å². The largest absolute Gasteiger partial charge is 0.382 e. The van der Waals surface area contributed by atoms with E-state index >= 15 is 0 Å². The Morgan fingerprint density at radius 3 is 2.53 bits per heavy atom. The molecule has 0 amide bonds. The van der Waals surface area contributed by atoms with Crippen LogP contribution in [-0.2, 0) is 0 Å². The Balaban J connectivity index is 2.19. The van der Waals surface area contributed by atoms with E-state index in [0.29, 0.717) is 10.7 Å². The number of hydrogen-bond donors (Lipinski definition) is 2. The van der Waals surface area contributed by atoms with Crippen molar-refractivity contribution >= 4 is 23.3 Å². The number of nitro benzene ring substituents is 1. The zero-order valence-corrected chi connectivity index (χ0v) is 10.6. The van der Waals surface area contributed by atoms with Crippen molar-refractivity contribution in [2.24, 2.45) is 5.73 Å². The fourth-order valence-corrected chi connectivity index (χ4v) is 2.18. The van der Waals surface area contributed by atoms with Gasteiger partial charge in [-0.3, -0.25) is 15.5 Å². The number of pyridine rings is 1. The second kappa shape index (κ2) is 5.49. The average Bonchev–Trinajstić information content (AvgIpc) is 2.39. The van der Waals surface area contributed by atoms with Gasteiger partial charge in [-0.1, -0.05) is 17.8 Å². The molecule has 0 unspecified atom stereocenters. The van der Waals surface area contributed by atoms with Crippen molar-refractivity contribution in [3.05, 3.63) is 58.3 Å². The number of rotatable bonds is 4. The van der Waals surface area contributed by atoms with Gasteiger partial charge in [0, 0.05) is 17.0 Å². The van der Waals surface area contributed by atoms with Gasteiger partial charge in [0.25, 0.3) is 5.69 Å². The van der Waals surface area contributed by atoms with Gasteiger partial charge in [-0.25, -0.2) is 4.98 Å². The first-order chi connectivity index (χ1) is 9.06. The highest BCUT2D eigenvalue weighted by Gasteiger charge is 2.06. The Labute approximate surface area is 113 Å². The molecule has 19 heavy (non-hydrogen) atoms. The summed E-state index contributed by atoms with van der Waals surface area (Å²) in [6.45, 7) is 0. The predicted octanol–water partition coefficient (Wildman–Crippen LogP) is 2.43. The van der Waals surface area contributed by atoms with Crippen LogP contribution in [0.5, 0.6) is 0 Å². The van der Waals surface area contributed by atoms with Gasteiger partial charge in [0.05, 0.1) is 4.92 Å². The molecule has 0 aliphatic heterocycles. The highest BCUT2D eigenvalue weighted by atomic mass is 32.2. The van der Waals surface area contributed by atoms with E-state index in [9.17, 15) is 10.1 Å². The van der Waals surface area contributed by atoms with Gasteiger partial charge in [-0.15, -0.1) is 0 Å². The minimum absolute atomic E-state index is 0.0507. The van der Waals surface area contributed by atoms with Crippen molar-refractivity contribution in [3.8, 4) is 0 Å². The Kier molecular flexibility index (Phi) is 3.76. The van der Waals surface area contributed by atoms with Crippen LogP contribution in [0.4, 0.5) is 5.69 Å². The molecule has 0 saturated carbocycles. The Bertz CT molecular complexity index is 628. The third kappa shape index (κ3) is 3.29. The molecule has 1 aromatic heterocycles. The standard InChI is InChI=1S/C12H10N4O2S/c13-12(14)10-2-1-3-11(15-10)19-9-6-4-8(5-7-9)16(17)18/h1-7H,(H3,13,14). The summed E-state index contributed by atoms with van der Waals surface area (Å²) in [5.41, 5.74) is 5.83. The number of nitrogens with zero attached hydrogens (tertiary/aromatic N) is 2. The van der Waals surface area contributed by atoms with Crippen molar-refractivity contribution in [1.29, 1.82) is 5.41 Å². The number of benzene rings is 1. The SMILES string of the molecule is N=C(N)c1cccc(Sc2ccc([N+](=O)[O-])cc2)n1. The highest BCUT2D eigenvalue weighted by Crippen LogP contribution is 2.27. The molecule has 2 aromatic rings. The lowest BCUT2D eigenvalue weighted by Crippen LogP contribution is -2.12. The summed E-state index contributed by atoms with van der Waals surface area (Å²) >= 11 is 1.35. The van der Waals surface area contributed by atoms with Crippen LogP contribution in [-0.4, -0.2) is 15.7 Å². The highest BCUT2D eigenvalue weighted by molar-refractivity contribution is 7.99. The molecule has 6 nitrogen and oxygen atoms in total. The predicted molar refractivity (Wildman–Crippen MR) is 72.5 cm³/mol. The van der Waals surface area contributed by atoms with E-state index in [1.807, 2.05) is 0 Å². The van der Waals surface area contributed by atoms with Gasteiger partial charge >= 0.3 is 0 Å². The van der Waals surface area contributed by atoms with Gasteiger partial charge in [0.2, 0.25) is 0 Å². The van der Waals surface area contributed by atoms with Crippen LogP contribution in [0, 0.1) is 15.5 Å². The lowest BCUT2D eigenvalue weighted by atomic mass is 10.3. The lowest BCUT2D eigenvalue weighted by molar-refractivity contribution is -0.384. The van der Waals surface area contributed by atoms with Gasteiger partial charge in [-0.05, 0) is 24.3 Å². The van der Waals surface area contributed by atoms with Crippen LogP contribution in [0.3, 0.4) is 0 Å². The fourth-order valence-electron chi connectivity index (χ4n) is 1.38. The zero-order valence-electron chi connectivity index (χ0n) is 9.74. The molecule has 0 aliphatic rings. The molecule has 0 saturated heterocycles. The smallest absolute Gasteiger partial charge is 0.269 e. The van der Waals surface area contributed by atoms with E-state index in [1.54, 1.807) is 30.3 Å². The molecular formula is C12H10N4O2S. The Hall–Kier alpha value is -2.41. The number of aromatic nitrogens is 1. The van der Waals surface area contributed by atoms with Crippen LogP contribution in [0.2, 0.25) is 0 Å². The molecule has 0 bridgehead atoms. The number of amidine groups is 1. The molecule has 3 N–H and O–H groups in total. The molecule has 96 valence electrons. The molecule has 7 heteroatoms. The molecule has 0 fully saturated rings. The van der Waals surface area contributed by atoms with Gasteiger partial charge < -0.3 is 5.73 Å². The number of nitrogen functional groups attached to an aromatic ring is 1. The van der Waals surface area contributed by atoms with Gasteiger partial charge in [0.15, 0.2) is 0 Å². The second-order valence-electron chi connectivity index (χ2n) is 3.63. The molecule has 0 atom stereocenters. The number of non-ortho nitro benzene ring substituents is 1. The van der Waals surface area contributed by atoms with E-state index in [1.165, 1.54) is 23.9 Å². The topological polar surface area (TPSA) is 106 Å². The van der Waals surface area contributed by atoms with E-state index < -0.39 is 4.92 Å². The van der Waals surface area contributed by atoms with Crippen LogP contribution in [0.1, 0.15) is 5.69 Å². The normalized spacial score (nSPS) is 10.1. The first kappa shape index (κ1) is 13.0. The third-order valence-electron chi connectivity index (χ3n) is 2.27. The Morgan fingerprint density at radius 2 is 1.95 bits per heavy atom. The molecular weight excluding hydrogens is 264 g/mol. The maximum absolute atomic E-state index is 10.5. The number of nitrogens with two attached hydrogens (primary N) is 1. The number of hydrogen-bond acceptors (Lipinski definition) is 5. The maximum Gasteiger partial charge on any atom is 0.269 e. The van der Waals surface area contributed by atoms with Crippen molar-refractivity contribution in [2.45, 2.75) is 9.92 Å². The van der Waals surface area contributed by atoms with E-state index in [-0.39, 0.29) is 11.5 Å².